The van der Waals surface area contributed by atoms with Gasteiger partial charge < -0.3 is 15.1 Å². The maximum atomic E-state index is 3.54. The Kier molecular flexibility index (Phi) is 7.82. The van der Waals surface area contributed by atoms with Crippen LogP contribution in [0.2, 0.25) is 0 Å². The second-order valence-electron chi connectivity index (χ2n) is 5.68. The third-order valence-corrected chi connectivity index (χ3v) is 3.80. The summed E-state index contributed by atoms with van der Waals surface area (Å²) in [6.45, 7) is 4.68. The summed E-state index contributed by atoms with van der Waals surface area (Å²) in [5.74, 6) is 0. The van der Waals surface area contributed by atoms with Crippen LogP contribution in [0.25, 0.3) is 0 Å². The van der Waals surface area contributed by atoms with Crippen molar-refractivity contribution >= 4 is 0 Å². The van der Waals surface area contributed by atoms with Gasteiger partial charge in [-0.25, -0.2) is 0 Å². The fourth-order valence-electron chi connectivity index (χ4n) is 2.61. The highest BCUT2D eigenvalue weighted by Crippen LogP contribution is 2.20. The van der Waals surface area contributed by atoms with Gasteiger partial charge in [-0.1, -0.05) is 19.3 Å². The van der Waals surface area contributed by atoms with E-state index in [9.17, 15) is 0 Å². The second-order valence-corrected chi connectivity index (χ2v) is 5.68. The molecule has 0 aliphatic heterocycles. The van der Waals surface area contributed by atoms with Crippen molar-refractivity contribution in [2.45, 2.75) is 44.6 Å². The zero-order valence-electron chi connectivity index (χ0n) is 12.0. The van der Waals surface area contributed by atoms with Gasteiger partial charge in [0.25, 0.3) is 0 Å². The zero-order valence-corrected chi connectivity index (χ0v) is 12.0. The first-order valence-corrected chi connectivity index (χ1v) is 7.26. The summed E-state index contributed by atoms with van der Waals surface area (Å²) in [6, 6.07) is 0.854. The van der Waals surface area contributed by atoms with Crippen molar-refractivity contribution in [1.82, 2.24) is 15.1 Å². The molecule has 17 heavy (non-hydrogen) atoms. The monoisotopic (exact) mass is 241 g/mol. The standard InChI is InChI=1S/C14H31N3/c1-16(2)12-7-10-15-11-13-17(3)14-8-5-4-6-9-14/h14-15H,4-13H2,1-3H3. The quantitative estimate of drug-likeness (QED) is 0.654. The molecule has 0 bridgehead atoms. The van der Waals surface area contributed by atoms with E-state index in [1.165, 1.54) is 51.6 Å². The Bertz CT molecular complexity index is 176. The van der Waals surface area contributed by atoms with E-state index in [4.69, 9.17) is 0 Å². The highest BCUT2D eigenvalue weighted by molar-refractivity contribution is 4.73. The van der Waals surface area contributed by atoms with Crippen LogP contribution in [-0.2, 0) is 0 Å². The summed E-state index contributed by atoms with van der Waals surface area (Å²) < 4.78 is 0. The molecular weight excluding hydrogens is 210 g/mol. The Morgan fingerprint density at radius 2 is 1.65 bits per heavy atom. The Hall–Kier alpha value is -0.120. The molecule has 0 unspecified atom stereocenters. The molecule has 0 saturated heterocycles. The number of nitrogens with zero attached hydrogens (tertiary/aromatic N) is 2. The van der Waals surface area contributed by atoms with Crippen molar-refractivity contribution in [1.29, 1.82) is 0 Å². The maximum absolute atomic E-state index is 3.54. The molecule has 0 amide bonds. The molecule has 1 fully saturated rings. The highest BCUT2D eigenvalue weighted by atomic mass is 15.1. The first kappa shape index (κ1) is 14.9. The molecule has 1 saturated carbocycles. The minimum atomic E-state index is 0.854. The number of nitrogens with one attached hydrogen (secondary N) is 1. The summed E-state index contributed by atoms with van der Waals surface area (Å²) in [6.07, 6.45) is 8.40. The Balaban J connectivity index is 1.94. The Morgan fingerprint density at radius 3 is 2.29 bits per heavy atom. The van der Waals surface area contributed by atoms with Gasteiger partial charge in [0, 0.05) is 19.1 Å². The van der Waals surface area contributed by atoms with Crippen LogP contribution >= 0.6 is 0 Å². The van der Waals surface area contributed by atoms with Gasteiger partial charge in [-0.15, -0.1) is 0 Å². The van der Waals surface area contributed by atoms with Gasteiger partial charge in [0.05, 0.1) is 0 Å². The Labute approximate surface area is 108 Å². The van der Waals surface area contributed by atoms with Crippen molar-refractivity contribution in [2.24, 2.45) is 0 Å². The third kappa shape index (κ3) is 7.02. The van der Waals surface area contributed by atoms with E-state index < -0.39 is 0 Å². The van der Waals surface area contributed by atoms with Crippen molar-refractivity contribution in [3.8, 4) is 0 Å². The van der Waals surface area contributed by atoms with Gasteiger partial charge in [0.1, 0.15) is 0 Å². The van der Waals surface area contributed by atoms with Crippen molar-refractivity contribution < 1.29 is 0 Å². The lowest BCUT2D eigenvalue weighted by Gasteiger charge is -2.31. The molecule has 3 heteroatoms. The molecule has 1 aliphatic carbocycles. The van der Waals surface area contributed by atoms with Crippen LogP contribution in [0.4, 0.5) is 0 Å². The van der Waals surface area contributed by atoms with Crippen molar-refractivity contribution in [2.75, 3.05) is 47.3 Å². The number of hydrogen-bond donors (Lipinski definition) is 1. The van der Waals surface area contributed by atoms with Gasteiger partial charge >= 0.3 is 0 Å². The minimum Gasteiger partial charge on any atom is -0.315 e. The molecule has 0 heterocycles. The predicted molar refractivity (Wildman–Crippen MR) is 75.5 cm³/mol. The average Bonchev–Trinajstić information content (AvgIpc) is 2.34. The summed E-state index contributed by atoms with van der Waals surface area (Å²) >= 11 is 0. The number of likely N-dealkylation sites (N-methyl/N-ethyl adjacent to an activating group) is 1. The first-order valence-electron chi connectivity index (χ1n) is 7.26. The van der Waals surface area contributed by atoms with E-state index in [1.807, 2.05) is 0 Å². The SMILES string of the molecule is CN(C)CCCNCCN(C)C1CCCCC1. The van der Waals surface area contributed by atoms with Gasteiger partial charge in [-0.05, 0) is 53.5 Å². The summed E-state index contributed by atoms with van der Waals surface area (Å²) in [4.78, 5) is 4.80. The lowest BCUT2D eigenvalue weighted by molar-refractivity contribution is 0.192. The molecule has 102 valence electrons. The maximum Gasteiger partial charge on any atom is 0.0107 e. The molecule has 0 radical (unpaired) electrons. The second kappa shape index (κ2) is 8.90. The number of rotatable bonds is 8. The van der Waals surface area contributed by atoms with Crippen LogP contribution in [-0.4, -0.2) is 63.2 Å². The van der Waals surface area contributed by atoms with Crippen LogP contribution in [0.15, 0.2) is 0 Å². The summed E-state index contributed by atoms with van der Waals surface area (Å²) in [5, 5.41) is 3.54. The molecule has 3 nitrogen and oxygen atoms in total. The predicted octanol–water partition coefficient (Wildman–Crippen LogP) is 1.79. The van der Waals surface area contributed by atoms with Gasteiger partial charge in [0.15, 0.2) is 0 Å². The summed E-state index contributed by atoms with van der Waals surface area (Å²) in [5.41, 5.74) is 0. The van der Waals surface area contributed by atoms with Crippen LogP contribution in [0, 0.1) is 0 Å². The van der Waals surface area contributed by atoms with Gasteiger partial charge in [-0.2, -0.15) is 0 Å². The molecule has 0 aromatic carbocycles. The number of hydrogen-bond acceptors (Lipinski definition) is 3. The molecular formula is C14H31N3. The molecule has 1 rings (SSSR count). The minimum absolute atomic E-state index is 0.854. The van der Waals surface area contributed by atoms with Gasteiger partial charge in [-0.3, -0.25) is 0 Å². The summed E-state index contributed by atoms with van der Waals surface area (Å²) in [7, 11) is 6.56. The Morgan fingerprint density at radius 1 is 0.941 bits per heavy atom. The normalized spacial score (nSPS) is 18.2. The van der Waals surface area contributed by atoms with E-state index in [-0.39, 0.29) is 0 Å². The van der Waals surface area contributed by atoms with Crippen molar-refractivity contribution in [3.63, 3.8) is 0 Å². The van der Waals surface area contributed by atoms with Crippen molar-refractivity contribution in [3.05, 3.63) is 0 Å². The van der Waals surface area contributed by atoms with Crippen LogP contribution in [0.3, 0.4) is 0 Å². The van der Waals surface area contributed by atoms with E-state index in [2.05, 4.69) is 36.3 Å². The smallest absolute Gasteiger partial charge is 0.0107 e. The third-order valence-electron chi connectivity index (χ3n) is 3.80. The highest BCUT2D eigenvalue weighted by Gasteiger charge is 2.16. The molecule has 1 N–H and O–H groups in total. The van der Waals surface area contributed by atoms with Crippen LogP contribution in [0.1, 0.15) is 38.5 Å². The molecule has 0 aromatic heterocycles. The zero-order chi connectivity index (χ0) is 12.5. The largest absolute Gasteiger partial charge is 0.315 e. The first-order chi connectivity index (χ1) is 8.20. The fraction of sp³-hybridized carbons (Fsp3) is 1.00. The van der Waals surface area contributed by atoms with E-state index in [0.717, 1.165) is 19.1 Å². The lowest BCUT2D eigenvalue weighted by Crippen LogP contribution is -2.38. The van der Waals surface area contributed by atoms with E-state index in [0.29, 0.717) is 0 Å². The lowest BCUT2D eigenvalue weighted by atomic mass is 9.94. The average molecular weight is 241 g/mol. The fourth-order valence-corrected chi connectivity index (χ4v) is 2.61. The van der Waals surface area contributed by atoms with E-state index in [1.54, 1.807) is 0 Å². The van der Waals surface area contributed by atoms with E-state index >= 15 is 0 Å². The topological polar surface area (TPSA) is 18.5 Å². The molecule has 0 spiro atoms. The molecule has 0 atom stereocenters. The molecule has 1 aliphatic rings. The molecule has 0 aromatic rings. The van der Waals surface area contributed by atoms with Crippen LogP contribution in [0.5, 0.6) is 0 Å². The van der Waals surface area contributed by atoms with Crippen LogP contribution < -0.4 is 5.32 Å². The van der Waals surface area contributed by atoms with Gasteiger partial charge in [0.2, 0.25) is 0 Å².